The lowest BCUT2D eigenvalue weighted by atomic mass is 9.86. The second-order valence-corrected chi connectivity index (χ2v) is 8.73. The molecule has 0 bridgehead atoms. The number of rotatable bonds is 4. The van der Waals surface area contributed by atoms with E-state index in [-0.39, 0.29) is 5.41 Å². The Kier molecular flexibility index (Phi) is 4.11. The van der Waals surface area contributed by atoms with E-state index in [2.05, 4.69) is 62.0 Å². The first kappa shape index (κ1) is 14.3. The minimum absolute atomic E-state index is 0.130. The highest BCUT2D eigenvalue weighted by atomic mass is 28.3. The van der Waals surface area contributed by atoms with Crippen LogP contribution in [0.3, 0.4) is 0 Å². The number of H-pyrrole nitrogens is 1. The van der Waals surface area contributed by atoms with Gasteiger partial charge < -0.3 is 9.41 Å². The van der Waals surface area contributed by atoms with E-state index in [0.29, 0.717) is 0 Å². The first-order valence-electron chi connectivity index (χ1n) is 6.97. The molecule has 2 aromatic rings. The number of imidazole rings is 1. The maximum absolute atomic E-state index is 5.72. The summed E-state index contributed by atoms with van der Waals surface area (Å²) in [6.45, 7) is 11.8. The minimum Gasteiger partial charge on any atom is -0.420 e. The summed E-state index contributed by atoms with van der Waals surface area (Å²) in [5.74, 6) is 1.03. The minimum atomic E-state index is -0.926. The highest BCUT2D eigenvalue weighted by Crippen LogP contribution is 2.28. The maximum Gasteiger partial charge on any atom is 0.170 e. The van der Waals surface area contributed by atoms with Gasteiger partial charge in [-0.15, -0.1) is 0 Å². The zero-order valence-corrected chi connectivity index (χ0v) is 13.7. The molecule has 19 heavy (non-hydrogen) atoms. The molecule has 0 aliphatic carbocycles. The van der Waals surface area contributed by atoms with E-state index in [4.69, 9.17) is 4.43 Å². The number of hydrogen-bond acceptors (Lipinski definition) is 2. The Morgan fingerprint density at radius 3 is 2.63 bits per heavy atom. The van der Waals surface area contributed by atoms with Crippen molar-refractivity contribution < 1.29 is 4.43 Å². The van der Waals surface area contributed by atoms with Crippen LogP contribution in [0.2, 0.25) is 13.1 Å². The molecule has 0 atom stereocenters. The smallest absolute Gasteiger partial charge is 0.170 e. The lowest BCUT2D eigenvalue weighted by Crippen LogP contribution is -2.12. The van der Waals surface area contributed by atoms with Crippen molar-refractivity contribution in [2.75, 3.05) is 6.61 Å². The van der Waals surface area contributed by atoms with Crippen molar-refractivity contribution in [1.29, 1.82) is 0 Å². The fourth-order valence-electron chi connectivity index (χ4n) is 2.22. The molecule has 2 rings (SSSR count). The average Bonchev–Trinajstić information content (AvgIpc) is 2.69. The lowest BCUT2D eigenvalue weighted by molar-refractivity contribution is 0.328. The van der Waals surface area contributed by atoms with E-state index in [1.807, 2.05) is 0 Å². The Morgan fingerprint density at radius 2 is 2.00 bits per heavy atom. The third kappa shape index (κ3) is 3.45. The van der Waals surface area contributed by atoms with Crippen molar-refractivity contribution in [3.05, 3.63) is 29.6 Å². The first-order valence-corrected chi connectivity index (χ1v) is 9.75. The van der Waals surface area contributed by atoms with Gasteiger partial charge >= 0.3 is 0 Å². The van der Waals surface area contributed by atoms with Crippen LogP contribution in [0, 0.1) is 0 Å². The van der Waals surface area contributed by atoms with Gasteiger partial charge in [0, 0.05) is 13.0 Å². The highest BCUT2D eigenvalue weighted by molar-refractivity contribution is 6.48. The molecule has 0 amide bonds. The van der Waals surface area contributed by atoms with Crippen molar-refractivity contribution >= 4 is 20.1 Å². The van der Waals surface area contributed by atoms with Gasteiger partial charge in [0.15, 0.2) is 9.04 Å². The van der Waals surface area contributed by atoms with Crippen LogP contribution >= 0.6 is 0 Å². The summed E-state index contributed by atoms with van der Waals surface area (Å²) < 4.78 is 5.72. The fraction of sp³-hybridized carbons (Fsp3) is 0.533. The van der Waals surface area contributed by atoms with E-state index in [9.17, 15) is 0 Å². The van der Waals surface area contributed by atoms with Crippen LogP contribution in [0.4, 0.5) is 0 Å². The van der Waals surface area contributed by atoms with Crippen molar-refractivity contribution in [1.82, 2.24) is 9.97 Å². The molecule has 1 aromatic carbocycles. The molecule has 0 saturated heterocycles. The zero-order chi connectivity index (χ0) is 14.0. The maximum atomic E-state index is 5.72. The third-order valence-electron chi connectivity index (χ3n) is 3.17. The van der Waals surface area contributed by atoms with Crippen LogP contribution < -0.4 is 0 Å². The Bertz CT molecular complexity index is 555. The molecule has 0 spiro atoms. The van der Waals surface area contributed by atoms with E-state index < -0.39 is 9.04 Å². The molecule has 0 unspecified atom stereocenters. The molecule has 1 N–H and O–H groups in total. The molecule has 0 saturated carbocycles. The average molecular weight is 276 g/mol. The summed E-state index contributed by atoms with van der Waals surface area (Å²) in [4.78, 5) is 8.13. The molecule has 0 aliphatic rings. The first-order chi connectivity index (χ1) is 8.88. The molecule has 1 heterocycles. The van der Waals surface area contributed by atoms with Crippen molar-refractivity contribution in [2.24, 2.45) is 0 Å². The number of fused-ring (bicyclic) bond motifs is 1. The van der Waals surface area contributed by atoms with Gasteiger partial charge in [-0.2, -0.15) is 0 Å². The molecule has 3 nitrogen and oxygen atoms in total. The van der Waals surface area contributed by atoms with E-state index in [0.717, 1.165) is 24.4 Å². The third-order valence-corrected chi connectivity index (χ3v) is 4.07. The summed E-state index contributed by atoms with van der Waals surface area (Å²) in [6.07, 6.45) is 0.865. The van der Waals surface area contributed by atoms with E-state index >= 15 is 0 Å². The van der Waals surface area contributed by atoms with Crippen LogP contribution in [-0.4, -0.2) is 25.6 Å². The van der Waals surface area contributed by atoms with Gasteiger partial charge in [-0.3, -0.25) is 0 Å². The van der Waals surface area contributed by atoms with E-state index in [1.165, 1.54) is 11.1 Å². The Morgan fingerprint density at radius 1 is 1.26 bits per heavy atom. The number of benzene rings is 1. The standard InChI is InChI=1S/C15H24N2OSi/c1-15(2,3)11-7-6-8-12-14(11)17-13(16-12)9-10-18-19(4)5/h6-8,19H,9-10H2,1-5H3,(H,16,17). The number of aromatic nitrogens is 2. The Hall–Kier alpha value is -1.13. The van der Waals surface area contributed by atoms with Crippen molar-refractivity contribution in [3.8, 4) is 0 Å². The SMILES string of the molecule is C[SiH](C)OCCc1nc2cccc(C(C)(C)C)c2[nH]1. The number of nitrogens with one attached hydrogen (secondary N) is 1. The quantitative estimate of drug-likeness (QED) is 0.869. The number of aromatic amines is 1. The number of para-hydroxylation sites is 1. The lowest BCUT2D eigenvalue weighted by Gasteiger charge is -2.19. The predicted octanol–water partition coefficient (Wildman–Crippen LogP) is 3.40. The number of nitrogens with zero attached hydrogens (tertiary/aromatic N) is 1. The van der Waals surface area contributed by atoms with E-state index in [1.54, 1.807) is 0 Å². The monoisotopic (exact) mass is 276 g/mol. The van der Waals surface area contributed by atoms with Gasteiger partial charge in [-0.05, 0) is 30.1 Å². The summed E-state index contributed by atoms with van der Waals surface area (Å²) in [5, 5.41) is 0. The summed E-state index contributed by atoms with van der Waals surface area (Å²) in [5.41, 5.74) is 3.68. The van der Waals surface area contributed by atoms with Crippen LogP contribution in [-0.2, 0) is 16.3 Å². The van der Waals surface area contributed by atoms with Gasteiger partial charge in [0.05, 0.1) is 11.0 Å². The summed E-state index contributed by atoms with van der Waals surface area (Å²) in [7, 11) is -0.926. The van der Waals surface area contributed by atoms with Gasteiger partial charge in [0.2, 0.25) is 0 Å². The Labute approximate surface area is 117 Å². The van der Waals surface area contributed by atoms with Crippen LogP contribution in [0.25, 0.3) is 11.0 Å². The molecule has 0 aliphatic heterocycles. The summed E-state index contributed by atoms with van der Waals surface area (Å²) >= 11 is 0. The highest BCUT2D eigenvalue weighted by Gasteiger charge is 2.18. The largest absolute Gasteiger partial charge is 0.420 e. The predicted molar refractivity (Wildman–Crippen MR) is 83.3 cm³/mol. The van der Waals surface area contributed by atoms with Crippen LogP contribution in [0.5, 0.6) is 0 Å². The molecule has 0 radical (unpaired) electrons. The second kappa shape index (κ2) is 5.47. The molecule has 104 valence electrons. The van der Waals surface area contributed by atoms with Crippen LogP contribution in [0.15, 0.2) is 18.2 Å². The number of hydrogen-bond donors (Lipinski definition) is 1. The second-order valence-electron chi connectivity index (χ2n) is 6.30. The Balaban J connectivity index is 2.25. The van der Waals surface area contributed by atoms with Crippen molar-refractivity contribution in [2.45, 2.75) is 45.7 Å². The molecular formula is C15H24N2OSi. The van der Waals surface area contributed by atoms with Gasteiger partial charge in [-0.1, -0.05) is 32.9 Å². The van der Waals surface area contributed by atoms with Crippen molar-refractivity contribution in [3.63, 3.8) is 0 Å². The molecule has 4 heteroatoms. The zero-order valence-electron chi connectivity index (χ0n) is 12.6. The topological polar surface area (TPSA) is 37.9 Å². The molecular weight excluding hydrogens is 252 g/mol. The van der Waals surface area contributed by atoms with Gasteiger partial charge in [0.1, 0.15) is 5.82 Å². The molecule has 0 fully saturated rings. The van der Waals surface area contributed by atoms with Gasteiger partial charge in [0.25, 0.3) is 0 Å². The summed E-state index contributed by atoms with van der Waals surface area (Å²) in [6, 6.07) is 6.34. The van der Waals surface area contributed by atoms with Gasteiger partial charge in [-0.25, -0.2) is 4.98 Å². The molecule has 1 aromatic heterocycles. The van der Waals surface area contributed by atoms with Crippen LogP contribution in [0.1, 0.15) is 32.2 Å². The normalized spacial score (nSPS) is 12.5. The fourth-order valence-corrected chi connectivity index (χ4v) is 2.81.